The maximum absolute atomic E-state index is 12.7. The number of aromatic nitrogens is 2. The number of para-hydroxylation sites is 1. The lowest BCUT2D eigenvalue weighted by Crippen LogP contribution is -2.33. The second-order valence-corrected chi connectivity index (χ2v) is 6.53. The fraction of sp³-hybridized carbons (Fsp3) is 0.238. The SMILES string of the molecule is Cc1c(C(=O)Nc2ccc(C3CNCCO3)cc2)cnn1-c1ccccc1.Cl. The molecular weight excluding hydrogens is 376 g/mol. The Bertz CT molecular complexity index is 919. The van der Waals surface area contributed by atoms with Crippen molar-refractivity contribution in [3.05, 3.63) is 77.6 Å². The van der Waals surface area contributed by atoms with E-state index >= 15 is 0 Å². The molecule has 1 fully saturated rings. The van der Waals surface area contributed by atoms with Crippen molar-refractivity contribution in [1.29, 1.82) is 0 Å². The van der Waals surface area contributed by atoms with Gasteiger partial charge in [0.15, 0.2) is 0 Å². The molecule has 28 heavy (non-hydrogen) atoms. The first-order valence-corrected chi connectivity index (χ1v) is 9.06. The van der Waals surface area contributed by atoms with Gasteiger partial charge in [-0.05, 0) is 36.8 Å². The van der Waals surface area contributed by atoms with E-state index in [4.69, 9.17) is 4.74 Å². The van der Waals surface area contributed by atoms with Crippen LogP contribution in [0.25, 0.3) is 5.69 Å². The molecule has 146 valence electrons. The average molecular weight is 399 g/mol. The lowest BCUT2D eigenvalue weighted by Gasteiger charge is -2.24. The molecule has 2 N–H and O–H groups in total. The molecule has 3 aromatic rings. The van der Waals surface area contributed by atoms with E-state index in [1.807, 2.05) is 61.5 Å². The molecule has 1 atom stereocenters. The summed E-state index contributed by atoms with van der Waals surface area (Å²) < 4.78 is 7.52. The third-order valence-electron chi connectivity index (χ3n) is 4.72. The molecule has 1 aliphatic heterocycles. The standard InChI is InChI=1S/C21H22N4O2.ClH/c1-15-19(13-23-25(15)18-5-3-2-4-6-18)21(26)24-17-9-7-16(8-10-17)20-14-22-11-12-27-20;/h2-10,13,20,22H,11-12,14H2,1H3,(H,24,26);1H. The molecule has 0 bridgehead atoms. The molecule has 4 rings (SSSR count). The molecule has 7 heteroatoms. The molecule has 0 saturated carbocycles. The second kappa shape index (κ2) is 9.01. The minimum Gasteiger partial charge on any atom is -0.371 e. The molecule has 1 aliphatic rings. The zero-order chi connectivity index (χ0) is 18.6. The lowest BCUT2D eigenvalue weighted by molar-refractivity contribution is 0.0277. The van der Waals surface area contributed by atoms with Gasteiger partial charge in [-0.25, -0.2) is 4.68 Å². The summed E-state index contributed by atoms with van der Waals surface area (Å²) in [6.07, 6.45) is 1.67. The van der Waals surface area contributed by atoms with Crippen molar-refractivity contribution in [2.24, 2.45) is 0 Å². The number of benzene rings is 2. The number of morpholine rings is 1. The van der Waals surface area contributed by atoms with Crippen molar-refractivity contribution < 1.29 is 9.53 Å². The van der Waals surface area contributed by atoms with Crippen molar-refractivity contribution in [3.63, 3.8) is 0 Å². The van der Waals surface area contributed by atoms with Crippen LogP contribution in [0.4, 0.5) is 5.69 Å². The van der Waals surface area contributed by atoms with Gasteiger partial charge < -0.3 is 15.4 Å². The van der Waals surface area contributed by atoms with Crippen LogP contribution in [-0.4, -0.2) is 35.4 Å². The molecule has 1 saturated heterocycles. The van der Waals surface area contributed by atoms with Gasteiger partial charge in [0.1, 0.15) is 0 Å². The van der Waals surface area contributed by atoms with Gasteiger partial charge in [-0.2, -0.15) is 5.10 Å². The maximum Gasteiger partial charge on any atom is 0.259 e. The van der Waals surface area contributed by atoms with Gasteiger partial charge in [0.25, 0.3) is 5.91 Å². The number of carbonyl (C=O) groups is 1. The van der Waals surface area contributed by atoms with E-state index in [1.165, 1.54) is 0 Å². The number of nitrogens with zero attached hydrogens (tertiary/aromatic N) is 2. The summed E-state index contributed by atoms with van der Waals surface area (Å²) in [5, 5.41) is 10.6. The normalized spacial score (nSPS) is 16.2. The quantitative estimate of drug-likeness (QED) is 0.705. The highest BCUT2D eigenvalue weighted by Crippen LogP contribution is 2.21. The topological polar surface area (TPSA) is 68.2 Å². The Kier molecular flexibility index (Phi) is 6.46. The summed E-state index contributed by atoms with van der Waals surface area (Å²) in [4.78, 5) is 12.7. The van der Waals surface area contributed by atoms with Crippen LogP contribution in [0.15, 0.2) is 60.8 Å². The average Bonchev–Trinajstić information content (AvgIpc) is 3.11. The molecule has 1 amide bonds. The van der Waals surface area contributed by atoms with Crippen molar-refractivity contribution in [3.8, 4) is 5.69 Å². The molecule has 1 aromatic heterocycles. The van der Waals surface area contributed by atoms with Gasteiger partial charge in [-0.3, -0.25) is 4.79 Å². The first-order chi connectivity index (χ1) is 13.2. The Balaban J connectivity index is 0.00000225. The number of carbonyl (C=O) groups excluding carboxylic acids is 1. The number of ether oxygens (including phenoxy) is 1. The number of hydrogen-bond donors (Lipinski definition) is 2. The third kappa shape index (κ3) is 4.25. The highest BCUT2D eigenvalue weighted by atomic mass is 35.5. The molecule has 1 unspecified atom stereocenters. The van der Waals surface area contributed by atoms with E-state index in [2.05, 4.69) is 15.7 Å². The Morgan fingerprint density at radius 1 is 1.18 bits per heavy atom. The van der Waals surface area contributed by atoms with Gasteiger partial charge >= 0.3 is 0 Å². The summed E-state index contributed by atoms with van der Waals surface area (Å²) in [7, 11) is 0. The molecule has 0 radical (unpaired) electrons. The smallest absolute Gasteiger partial charge is 0.259 e. The fourth-order valence-electron chi connectivity index (χ4n) is 3.22. The van der Waals surface area contributed by atoms with E-state index < -0.39 is 0 Å². The Labute approximate surface area is 170 Å². The zero-order valence-electron chi connectivity index (χ0n) is 15.6. The summed E-state index contributed by atoms with van der Waals surface area (Å²) in [5.74, 6) is -0.169. The van der Waals surface area contributed by atoms with Gasteiger partial charge in [-0.1, -0.05) is 30.3 Å². The van der Waals surface area contributed by atoms with Crippen molar-refractivity contribution in [1.82, 2.24) is 15.1 Å². The second-order valence-electron chi connectivity index (χ2n) is 6.53. The van der Waals surface area contributed by atoms with Crippen LogP contribution in [0.2, 0.25) is 0 Å². The predicted octanol–water partition coefficient (Wildman–Crippen LogP) is 3.52. The molecule has 0 spiro atoms. The van der Waals surface area contributed by atoms with Crippen LogP contribution in [0.3, 0.4) is 0 Å². The van der Waals surface area contributed by atoms with Crippen LogP contribution in [0.1, 0.15) is 27.7 Å². The number of nitrogens with one attached hydrogen (secondary N) is 2. The summed E-state index contributed by atoms with van der Waals surface area (Å²) in [6, 6.07) is 17.6. The Morgan fingerprint density at radius 3 is 2.61 bits per heavy atom. The monoisotopic (exact) mass is 398 g/mol. The summed E-state index contributed by atoms with van der Waals surface area (Å²) in [6.45, 7) is 4.31. The molecule has 6 nitrogen and oxygen atoms in total. The summed E-state index contributed by atoms with van der Waals surface area (Å²) in [5.41, 5.74) is 4.15. The summed E-state index contributed by atoms with van der Waals surface area (Å²) >= 11 is 0. The number of rotatable bonds is 4. The third-order valence-corrected chi connectivity index (χ3v) is 4.72. The maximum atomic E-state index is 12.7. The van der Waals surface area contributed by atoms with Crippen LogP contribution in [0.5, 0.6) is 0 Å². The first-order valence-electron chi connectivity index (χ1n) is 9.06. The highest BCUT2D eigenvalue weighted by Gasteiger charge is 2.17. The van der Waals surface area contributed by atoms with Crippen LogP contribution < -0.4 is 10.6 Å². The van der Waals surface area contributed by atoms with E-state index in [0.717, 1.165) is 35.7 Å². The van der Waals surface area contributed by atoms with Crippen molar-refractivity contribution in [2.75, 3.05) is 25.0 Å². The van der Waals surface area contributed by atoms with E-state index in [9.17, 15) is 4.79 Å². The zero-order valence-corrected chi connectivity index (χ0v) is 16.4. The molecule has 2 heterocycles. The van der Waals surface area contributed by atoms with E-state index in [-0.39, 0.29) is 24.4 Å². The Hall–Kier alpha value is -2.67. The molecular formula is C21H23ClN4O2. The number of halogens is 1. The minimum absolute atomic E-state index is 0. The van der Waals surface area contributed by atoms with Crippen molar-refractivity contribution >= 4 is 24.0 Å². The first kappa shape index (κ1) is 20.1. The minimum atomic E-state index is -0.169. The number of anilines is 1. The van der Waals surface area contributed by atoms with Gasteiger partial charge in [0, 0.05) is 18.8 Å². The number of amides is 1. The fourth-order valence-corrected chi connectivity index (χ4v) is 3.22. The van der Waals surface area contributed by atoms with Crippen LogP contribution in [-0.2, 0) is 4.74 Å². The van der Waals surface area contributed by atoms with Crippen LogP contribution in [0, 0.1) is 6.92 Å². The van der Waals surface area contributed by atoms with Gasteiger partial charge in [0.05, 0.1) is 35.9 Å². The van der Waals surface area contributed by atoms with E-state index in [1.54, 1.807) is 10.9 Å². The molecule has 0 aliphatic carbocycles. The largest absolute Gasteiger partial charge is 0.371 e. The predicted molar refractivity (Wildman–Crippen MR) is 112 cm³/mol. The van der Waals surface area contributed by atoms with E-state index in [0.29, 0.717) is 12.2 Å². The van der Waals surface area contributed by atoms with Gasteiger partial charge in [-0.15, -0.1) is 12.4 Å². The van der Waals surface area contributed by atoms with Crippen LogP contribution >= 0.6 is 12.4 Å². The highest BCUT2D eigenvalue weighted by molar-refractivity contribution is 6.05. The Morgan fingerprint density at radius 2 is 1.93 bits per heavy atom. The van der Waals surface area contributed by atoms with Crippen molar-refractivity contribution in [2.45, 2.75) is 13.0 Å². The molecule has 2 aromatic carbocycles. The number of hydrogen-bond acceptors (Lipinski definition) is 4. The lowest BCUT2D eigenvalue weighted by atomic mass is 10.1. The van der Waals surface area contributed by atoms with Gasteiger partial charge in [0.2, 0.25) is 0 Å².